The summed E-state index contributed by atoms with van der Waals surface area (Å²) in [6.07, 6.45) is 4.80. The van der Waals surface area contributed by atoms with Crippen LogP contribution < -0.4 is 10.6 Å². The maximum Gasteiger partial charge on any atom is 0.0777 e. The van der Waals surface area contributed by atoms with Gasteiger partial charge in [0.05, 0.1) is 34.8 Å². The molecule has 88 valence electrons. The quantitative estimate of drug-likeness (QED) is 0.904. The average Bonchev–Trinajstić information content (AvgIpc) is 2.29. The number of nitrogen functional groups attached to an aromatic ring is 1. The third-order valence-electron chi connectivity index (χ3n) is 2.81. The minimum absolute atomic E-state index is 0.299. The first-order chi connectivity index (χ1) is 7.72. The highest BCUT2D eigenvalue weighted by molar-refractivity contribution is 9.10. The van der Waals surface area contributed by atoms with Gasteiger partial charge in [0.1, 0.15) is 0 Å². The summed E-state index contributed by atoms with van der Waals surface area (Å²) >= 11 is 3.50. The highest BCUT2D eigenvalue weighted by Crippen LogP contribution is 2.32. The van der Waals surface area contributed by atoms with Gasteiger partial charge in [-0.2, -0.15) is 0 Å². The topological polar surface area (TPSA) is 51.4 Å². The number of nitrogens with zero attached hydrogens (tertiary/aromatic N) is 2. The van der Waals surface area contributed by atoms with Crippen LogP contribution in [0.2, 0.25) is 0 Å². The van der Waals surface area contributed by atoms with Crippen LogP contribution in [0.1, 0.15) is 13.3 Å². The van der Waals surface area contributed by atoms with E-state index in [4.69, 9.17) is 10.5 Å². The van der Waals surface area contributed by atoms with Crippen molar-refractivity contribution in [3.8, 4) is 0 Å². The molecule has 5 heteroatoms. The Morgan fingerprint density at radius 1 is 1.62 bits per heavy atom. The fourth-order valence-corrected chi connectivity index (χ4v) is 2.54. The second-order valence-electron chi connectivity index (χ2n) is 3.91. The molecule has 1 unspecified atom stereocenters. The molecule has 1 aromatic rings. The second kappa shape index (κ2) is 5.01. The van der Waals surface area contributed by atoms with Crippen LogP contribution >= 0.6 is 15.9 Å². The minimum Gasteiger partial charge on any atom is -0.396 e. The van der Waals surface area contributed by atoms with E-state index in [2.05, 4.69) is 32.7 Å². The van der Waals surface area contributed by atoms with Gasteiger partial charge in [-0.05, 0) is 22.4 Å². The first-order valence-electron chi connectivity index (χ1n) is 5.48. The second-order valence-corrected chi connectivity index (χ2v) is 4.76. The molecular weight excluding hydrogens is 270 g/mol. The molecule has 1 atom stereocenters. The summed E-state index contributed by atoms with van der Waals surface area (Å²) < 4.78 is 6.59. The van der Waals surface area contributed by atoms with Gasteiger partial charge in [0.25, 0.3) is 0 Å². The van der Waals surface area contributed by atoms with Gasteiger partial charge in [0, 0.05) is 19.3 Å². The molecule has 1 fully saturated rings. The Balaban J connectivity index is 2.23. The first-order valence-corrected chi connectivity index (χ1v) is 6.27. The molecule has 0 radical (unpaired) electrons. The normalized spacial score (nSPS) is 21.1. The number of morpholine rings is 1. The van der Waals surface area contributed by atoms with E-state index in [9.17, 15) is 0 Å². The number of aromatic nitrogens is 1. The molecule has 0 aliphatic carbocycles. The van der Waals surface area contributed by atoms with Crippen molar-refractivity contribution in [1.29, 1.82) is 0 Å². The molecule has 1 aliphatic rings. The fraction of sp³-hybridized carbons (Fsp3) is 0.545. The molecule has 16 heavy (non-hydrogen) atoms. The molecule has 0 saturated carbocycles. The first kappa shape index (κ1) is 11.7. The summed E-state index contributed by atoms with van der Waals surface area (Å²) in [6.45, 7) is 4.67. The van der Waals surface area contributed by atoms with E-state index in [0.29, 0.717) is 11.8 Å². The van der Waals surface area contributed by atoms with Crippen molar-refractivity contribution in [3.05, 3.63) is 16.9 Å². The number of nitrogens with two attached hydrogens (primary N) is 1. The summed E-state index contributed by atoms with van der Waals surface area (Å²) in [6, 6.07) is 0. The van der Waals surface area contributed by atoms with Crippen molar-refractivity contribution in [2.75, 3.05) is 30.3 Å². The largest absolute Gasteiger partial charge is 0.396 e. The van der Waals surface area contributed by atoms with Crippen LogP contribution in [0, 0.1) is 0 Å². The van der Waals surface area contributed by atoms with Gasteiger partial charge in [-0.3, -0.25) is 4.98 Å². The molecular formula is C11H16BrN3O. The SMILES string of the molecule is CCC1CN(c2c(N)cncc2Br)CCO1. The number of anilines is 2. The Hall–Kier alpha value is -0.810. The van der Waals surface area contributed by atoms with Crippen molar-refractivity contribution >= 4 is 27.3 Å². The highest BCUT2D eigenvalue weighted by Gasteiger charge is 2.22. The van der Waals surface area contributed by atoms with Crippen LogP contribution in [0.25, 0.3) is 0 Å². The van der Waals surface area contributed by atoms with Crippen LogP contribution in [-0.2, 0) is 4.74 Å². The lowest BCUT2D eigenvalue weighted by atomic mass is 10.2. The predicted molar refractivity (Wildman–Crippen MR) is 68.6 cm³/mol. The Labute approximate surface area is 104 Å². The lowest BCUT2D eigenvalue weighted by Gasteiger charge is -2.35. The summed E-state index contributed by atoms with van der Waals surface area (Å²) in [5, 5.41) is 0. The summed E-state index contributed by atoms with van der Waals surface area (Å²) in [5.74, 6) is 0. The number of pyridine rings is 1. The van der Waals surface area contributed by atoms with Gasteiger partial charge in [0.15, 0.2) is 0 Å². The van der Waals surface area contributed by atoms with Crippen molar-refractivity contribution in [1.82, 2.24) is 4.98 Å². The van der Waals surface area contributed by atoms with E-state index in [1.54, 1.807) is 12.4 Å². The van der Waals surface area contributed by atoms with Crippen LogP contribution in [0.3, 0.4) is 0 Å². The molecule has 4 nitrogen and oxygen atoms in total. The van der Waals surface area contributed by atoms with Crippen LogP contribution in [0.4, 0.5) is 11.4 Å². The maximum absolute atomic E-state index is 5.96. The van der Waals surface area contributed by atoms with E-state index in [-0.39, 0.29) is 0 Å². The van der Waals surface area contributed by atoms with Gasteiger partial charge in [-0.1, -0.05) is 6.92 Å². The van der Waals surface area contributed by atoms with Gasteiger partial charge in [-0.15, -0.1) is 0 Å². The van der Waals surface area contributed by atoms with E-state index in [1.165, 1.54) is 0 Å². The lowest BCUT2D eigenvalue weighted by Crippen LogP contribution is -2.42. The molecule has 0 aromatic carbocycles. The van der Waals surface area contributed by atoms with Gasteiger partial charge >= 0.3 is 0 Å². The van der Waals surface area contributed by atoms with Crippen molar-refractivity contribution in [3.63, 3.8) is 0 Å². The highest BCUT2D eigenvalue weighted by atomic mass is 79.9. The van der Waals surface area contributed by atoms with Crippen molar-refractivity contribution < 1.29 is 4.74 Å². The number of halogens is 1. The van der Waals surface area contributed by atoms with E-state index in [1.807, 2.05) is 0 Å². The Kier molecular flexibility index (Phi) is 3.66. The van der Waals surface area contributed by atoms with Crippen LogP contribution in [0.15, 0.2) is 16.9 Å². The third-order valence-corrected chi connectivity index (χ3v) is 3.39. The number of hydrogen-bond donors (Lipinski definition) is 1. The van der Waals surface area contributed by atoms with Gasteiger partial charge in [-0.25, -0.2) is 0 Å². The van der Waals surface area contributed by atoms with Gasteiger partial charge in [0.2, 0.25) is 0 Å². The smallest absolute Gasteiger partial charge is 0.0777 e. The molecule has 2 N–H and O–H groups in total. The zero-order chi connectivity index (χ0) is 11.5. The lowest BCUT2D eigenvalue weighted by molar-refractivity contribution is 0.0384. The van der Waals surface area contributed by atoms with Crippen molar-refractivity contribution in [2.45, 2.75) is 19.4 Å². The molecule has 1 saturated heterocycles. The Morgan fingerprint density at radius 2 is 2.44 bits per heavy atom. The standard InChI is InChI=1S/C11H16BrN3O/c1-2-8-7-15(3-4-16-8)11-9(12)5-14-6-10(11)13/h5-6,8H,2-4,7,13H2,1H3. The molecule has 0 spiro atoms. The van der Waals surface area contributed by atoms with Crippen LogP contribution in [0.5, 0.6) is 0 Å². The van der Waals surface area contributed by atoms with Crippen LogP contribution in [-0.4, -0.2) is 30.8 Å². The summed E-state index contributed by atoms with van der Waals surface area (Å²) in [4.78, 5) is 6.31. The fourth-order valence-electron chi connectivity index (χ4n) is 1.95. The number of ether oxygens (including phenoxy) is 1. The molecule has 2 heterocycles. The molecule has 1 aliphatic heterocycles. The zero-order valence-corrected chi connectivity index (χ0v) is 10.9. The minimum atomic E-state index is 0.299. The number of hydrogen-bond acceptors (Lipinski definition) is 4. The van der Waals surface area contributed by atoms with E-state index >= 15 is 0 Å². The van der Waals surface area contributed by atoms with Crippen molar-refractivity contribution in [2.24, 2.45) is 0 Å². The maximum atomic E-state index is 5.96. The molecule has 1 aromatic heterocycles. The average molecular weight is 286 g/mol. The van der Waals surface area contributed by atoms with Gasteiger partial charge < -0.3 is 15.4 Å². The Bertz CT molecular complexity index is 352. The summed E-state index contributed by atoms with van der Waals surface area (Å²) in [7, 11) is 0. The predicted octanol–water partition coefficient (Wildman–Crippen LogP) is 2.04. The molecule has 0 bridgehead atoms. The Morgan fingerprint density at radius 3 is 3.12 bits per heavy atom. The monoisotopic (exact) mass is 285 g/mol. The zero-order valence-electron chi connectivity index (χ0n) is 9.32. The third kappa shape index (κ3) is 2.30. The molecule has 2 rings (SSSR count). The summed E-state index contributed by atoms with van der Waals surface area (Å²) in [5.41, 5.74) is 7.72. The molecule has 0 amide bonds. The van der Waals surface area contributed by atoms with E-state index < -0.39 is 0 Å². The number of rotatable bonds is 2. The van der Waals surface area contributed by atoms with E-state index in [0.717, 1.165) is 36.3 Å².